The number of hydrogen-bond acceptors (Lipinski definition) is 5. The molecule has 0 aliphatic rings. The summed E-state index contributed by atoms with van der Waals surface area (Å²) in [5.74, 6) is 0.589. The molecule has 140 valence electrons. The molecule has 0 spiro atoms. The lowest BCUT2D eigenvalue weighted by atomic mass is 10.1. The number of carbonyl (C=O) groups excluding carboxylic acids is 1. The smallest absolute Gasteiger partial charge is 0.221 e. The molecule has 0 bridgehead atoms. The first kappa shape index (κ1) is 17.7. The minimum atomic E-state index is -0.0980. The first-order valence-corrected chi connectivity index (χ1v) is 8.95. The van der Waals surface area contributed by atoms with Crippen LogP contribution in [-0.4, -0.2) is 25.7 Å². The van der Waals surface area contributed by atoms with Gasteiger partial charge in [-0.1, -0.05) is 29.8 Å². The topological polar surface area (TPSA) is 84.7 Å². The van der Waals surface area contributed by atoms with Crippen molar-refractivity contribution in [2.45, 2.75) is 20.4 Å². The molecule has 4 rings (SSSR count). The zero-order valence-electron chi connectivity index (χ0n) is 15.7. The fraction of sp³-hybridized carbons (Fsp3) is 0.143. The molecule has 7 heteroatoms. The van der Waals surface area contributed by atoms with E-state index in [4.69, 9.17) is 0 Å². The lowest BCUT2D eigenvalue weighted by Crippen LogP contribution is -2.05. The molecular weight excluding hydrogens is 352 g/mol. The third-order valence-corrected chi connectivity index (χ3v) is 4.35. The minimum Gasteiger partial charge on any atom is -0.340 e. The van der Waals surface area contributed by atoms with E-state index in [0.29, 0.717) is 12.4 Å². The van der Waals surface area contributed by atoms with Crippen LogP contribution in [0.5, 0.6) is 0 Å². The molecular formula is C21H20N6O. The van der Waals surface area contributed by atoms with Gasteiger partial charge in [0.05, 0.1) is 18.1 Å². The minimum absolute atomic E-state index is 0.0980. The molecule has 0 saturated heterocycles. The Morgan fingerprint density at radius 3 is 2.43 bits per heavy atom. The Hall–Kier alpha value is -3.74. The highest BCUT2D eigenvalue weighted by Crippen LogP contribution is 2.24. The summed E-state index contributed by atoms with van der Waals surface area (Å²) in [7, 11) is 0. The molecule has 2 heterocycles. The van der Waals surface area contributed by atoms with Crippen molar-refractivity contribution in [3.8, 4) is 0 Å². The molecule has 0 atom stereocenters. The van der Waals surface area contributed by atoms with Crippen molar-refractivity contribution in [3.63, 3.8) is 0 Å². The van der Waals surface area contributed by atoms with E-state index in [0.717, 1.165) is 28.0 Å². The first-order chi connectivity index (χ1) is 13.6. The van der Waals surface area contributed by atoms with Crippen molar-refractivity contribution >= 4 is 34.1 Å². The monoisotopic (exact) mass is 372 g/mol. The summed E-state index contributed by atoms with van der Waals surface area (Å²) in [6, 6.07) is 15.8. The zero-order chi connectivity index (χ0) is 19.5. The van der Waals surface area contributed by atoms with Crippen molar-refractivity contribution in [3.05, 3.63) is 72.2 Å². The van der Waals surface area contributed by atoms with Crippen LogP contribution < -0.4 is 10.6 Å². The van der Waals surface area contributed by atoms with Crippen molar-refractivity contribution in [1.29, 1.82) is 0 Å². The number of nitrogens with one attached hydrogen (secondary N) is 2. The van der Waals surface area contributed by atoms with E-state index in [1.54, 1.807) is 6.20 Å². The number of carbonyl (C=O) groups is 1. The van der Waals surface area contributed by atoms with Crippen LogP contribution in [-0.2, 0) is 11.3 Å². The van der Waals surface area contributed by atoms with E-state index in [-0.39, 0.29) is 5.91 Å². The van der Waals surface area contributed by atoms with Crippen LogP contribution in [0, 0.1) is 6.92 Å². The number of rotatable bonds is 5. The third kappa shape index (κ3) is 3.83. The number of hydrogen-bond donors (Lipinski definition) is 2. The van der Waals surface area contributed by atoms with Crippen molar-refractivity contribution in [1.82, 2.24) is 19.7 Å². The molecule has 0 saturated carbocycles. The molecule has 0 aliphatic carbocycles. The molecule has 28 heavy (non-hydrogen) atoms. The van der Waals surface area contributed by atoms with Crippen LogP contribution in [0.3, 0.4) is 0 Å². The number of aryl methyl sites for hydroxylation is 1. The van der Waals surface area contributed by atoms with Crippen LogP contribution in [0.15, 0.2) is 61.1 Å². The number of anilines is 3. The summed E-state index contributed by atoms with van der Waals surface area (Å²) < 4.78 is 1.87. The second-order valence-electron chi connectivity index (χ2n) is 6.63. The largest absolute Gasteiger partial charge is 0.340 e. The van der Waals surface area contributed by atoms with E-state index in [2.05, 4.69) is 56.9 Å². The van der Waals surface area contributed by atoms with E-state index in [1.807, 2.05) is 28.9 Å². The lowest BCUT2D eigenvalue weighted by molar-refractivity contribution is -0.114. The van der Waals surface area contributed by atoms with Gasteiger partial charge in [-0.2, -0.15) is 5.10 Å². The van der Waals surface area contributed by atoms with Crippen molar-refractivity contribution in [2.24, 2.45) is 0 Å². The van der Waals surface area contributed by atoms with Crippen LogP contribution in [0.1, 0.15) is 18.1 Å². The predicted octanol–water partition coefficient (Wildman–Crippen LogP) is 3.89. The quantitative estimate of drug-likeness (QED) is 0.555. The highest BCUT2D eigenvalue weighted by molar-refractivity contribution is 5.90. The maximum Gasteiger partial charge on any atom is 0.221 e. The van der Waals surface area contributed by atoms with Gasteiger partial charge in [-0.05, 0) is 36.8 Å². The molecule has 4 aromatic rings. The molecule has 0 radical (unpaired) electrons. The molecule has 2 aromatic heterocycles. The summed E-state index contributed by atoms with van der Waals surface area (Å²) >= 11 is 0. The van der Waals surface area contributed by atoms with Gasteiger partial charge < -0.3 is 10.6 Å². The predicted molar refractivity (Wildman–Crippen MR) is 110 cm³/mol. The van der Waals surface area contributed by atoms with Gasteiger partial charge >= 0.3 is 0 Å². The molecule has 7 nitrogen and oxygen atoms in total. The Morgan fingerprint density at radius 2 is 1.71 bits per heavy atom. The van der Waals surface area contributed by atoms with Crippen LogP contribution in [0.4, 0.5) is 17.2 Å². The summed E-state index contributed by atoms with van der Waals surface area (Å²) in [5.41, 5.74) is 4.77. The van der Waals surface area contributed by atoms with Crippen LogP contribution in [0.2, 0.25) is 0 Å². The van der Waals surface area contributed by atoms with Gasteiger partial charge in [-0.15, -0.1) is 0 Å². The van der Waals surface area contributed by atoms with Gasteiger partial charge in [0.25, 0.3) is 0 Å². The maximum atomic E-state index is 11.1. The number of benzene rings is 2. The highest BCUT2D eigenvalue weighted by atomic mass is 16.1. The second kappa shape index (κ2) is 7.48. The second-order valence-corrected chi connectivity index (χ2v) is 6.63. The molecule has 2 aromatic carbocycles. The van der Waals surface area contributed by atoms with E-state index >= 15 is 0 Å². The maximum absolute atomic E-state index is 11.1. The van der Waals surface area contributed by atoms with Gasteiger partial charge in [0.2, 0.25) is 5.91 Å². The van der Waals surface area contributed by atoms with E-state index < -0.39 is 0 Å². The number of amides is 1. The Kier molecular flexibility index (Phi) is 4.72. The molecule has 1 amide bonds. The van der Waals surface area contributed by atoms with Crippen molar-refractivity contribution < 1.29 is 4.79 Å². The van der Waals surface area contributed by atoms with Crippen molar-refractivity contribution in [2.75, 3.05) is 10.6 Å². The summed E-state index contributed by atoms with van der Waals surface area (Å²) in [4.78, 5) is 19.9. The summed E-state index contributed by atoms with van der Waals surface area (Å²) in [6.45, 7) is 4.20. The number of aromatic nitrogens is 4. The van der Waals surface area contributed by atoms with Gasteiger partial charge in [0, 0.05) is 18.3 Å². The number of fused-ring (bicyclic) bond motifs is 1. The van der Waals surface area contributed by atoms with Gasteiger partial charge in [0.1, 0.15) is 12.1 Å². The average Bonchev–Trinajstić information content (AvgIpc) is 3.09. The van der Waals surface area contributed by atoms with Gasteiger partial charge in [0.15, 0.2) is 5.65 Å². The fourth-order valence-corrected chi connectivity index (χ4v) is 2.95. The molecule has 2 N–H and O–H groups in total. The van der Waals surface area contributed by atoms with Crippen LogP contribution >= 0.6 is 0 Å². The highest BCUT2D eigenvalue weighted by Gasteiger charge is 2.10. The summed E-state index contributed by atoms with van der Waals surface area (Å²) in [6.07, 6.45) is 3.31. The van der Waals surface area contributed by atoms with E-state index in [1.165, 1.54) is 18.8 Å². The van der Waals surface area contributed by atoms with Crippen LogP contribution in [0.25, 0.3) is 11.0 Å². The first-order valence-electron chi connectivity index (χ1n) is 8.95. The van der Waals surface area contributed by atoms with Gasteiger partial charge in [-0.3, -0.25) is 4.79 Å². The lowest BCUT2D eigenvalue weighted by Gasteiger charge is -2.08. The molecule has 0 unspecified atom stereocenters. The number of nitrogens with zero attached hydrogens (tertiary/aromatic N) is 4. The average molecular weight is 372 g/mol. The molecule has 0 fully saturated rings. The zero-order valence-corrected chi connectivity index (χ0v) is 15.7. The van der Waals surface area contributed by atoms with E-state index in [9.17, 15) is 4.79 Å². The standard InChI is InChI=1S/C21H20N6O/c1-14-3-5-16(6-4-14)12-27-21-19(11-24-27)20(22-13-23-21)26-18-9-7-17(8-10-18)25-15(2)28/h3-11,13H,12H2,1-2H3,(H,25,28)(H,22,23,26). The molecule has 0 aliphatic heterocycles. The fourth-order valence-electron chi connectivity index (χ4n) is 2.95. The Bertz CT molecular complexity index is 1120. The van der Waals surface area contributed by atoms with Gasteiger partial charge in [-0.25, -0.2) is 14.6 Å². The Balaban J connectivity index is 1.57. The Labute approximate surface area is 162 Å². The summed E-state index contributed by atoms with van der Waals surface area (Å²) in [5, 5.41) is 11.4. The SMILES string of the molecule is CC(=O)Nc1ccc(Nc2ncnc3c2cnn3Cc2ccc(C)cc2)cc1. The third-order valence-electron chi connectivity index (χ3n) is 4.35. The Morgan fingerprint density at radius 1 is 1.00 bits per heavy atom. The normalized spacial score (nSPS) is 10.8.